The minimum Gasteiger partial charge on any atom is -0.478 e. The van der Waals surface area contributed by atoms with Crippen molar-refractivity contribution in [2.45, 2.75) is 31.9 Å². The van der Waals surface area contributed by atoms with Crippen molar-refractivity contribution in [3.8, 4) is 0 Å². The van der Waals surface area contributed by atoms with Crippen LogP contribution in [0.25, 0.3) is 11.0 Å². The van der Waals surface area contributed by atoms with E-state index in [0.717, 1.165) is 18.5 Å². The van der Waals surface area contributed by atoms with Crippen LogP contribution in [0, 0.1) is 0 Å². The molecule has 1 aliphatic heterocycles. The molecule has 1 aromatic heterocycles. The topological polar surface area (TPSA) is 64.4 Å². The predicted molar refractivity (Wildman–Crippen MR) is 70.4 cm³/mol. The van der Waals surface area contributed by atoms with Crippen LogP contribution < -0.4 is 0 Å². The second-order valence-electron chi connectivity index (χ2n) is 5.21. The van der Waals surface area contributed by atoms with Gasteiger partial charge in [0.25, 0.3) is 0 Å². The average molecular weight is 260 g/mol. The fourth-order valence-corrected chi connectivity index (χ4v) is 2.76. The quantitative estimate of drug-likeness (QED) is 0.899. The van der Waals surface area contributed by atoms with Crippen LogP contribution in [0.4, 0.5) is 0 Å². The Labute approximate surface area is 110 Å². The normalized spacial score (nSPS) is 26.9. The highest BCUT2D eigenvalue weighted by molar-refractivity contribution is 6.00. The van der Waals surface area contributed by atoms with Gasteiger partial charge in [0, 0.05) is 6.61 Å². The number of aromatic carboxylic acids is 1. The molecule has 1 saturated heterocycles. The molecule has 0 radical (unpaired) electrons. The third-order valence-electron chi connectivity index (χ3n) is 4.21. The Morgan fingerprint density at radius 3 is 3.00 bits per heavy atom. The highest BCUT2D eigenvalue weighted by atomic mass is 16.5. The molecule has 2 heterocycles. The summed E-state index contributed by atoms with van der Waals surface area (Å²) in [6, 6.07) is 5.25. The zero-order chi connectivity index (χ0) is 13.6. The number of aromatic nitrogens is 2. The number of hydrogen-bond donors (Lipinski definition) is 1. The van der Waals surface area contributed by atoms with Crippen molar-refractivity contribution < 1.29 is 14.6 Å². The van der Waals surface area contributed by atoms with Crippen LogP contribution in [0.2, 0.25) is 0 Å². The van der Waals surface area contributed by atoms with Crippen molar-refractivity contribution >= 4 is 17.0 Å². The predicted octanol–water partition coefficient (Wildman–Crippen LogP) is 2.26. The Balaban J connectivity index is 2.22. The summed E-state index contributed by atoms with van der Waals surface area (Å²) in [7, 11) is 0. The molecule has 0 amide bonds. The maximum atomic E-state index is 11.2. The molecule has 1 aliphatic rings. The largest absolute Gasteiger partial charge is 0.478 e. The van der Waals surface area contributed by atoms with Crippen LogP contribution in [0.15, 0.2) is 24.5 Å². The molecule has 1 aromatic carbocycles. The van der Waals surface area contributed by atoms with Gasteiger partial charge in [-0.3, -0.25) is 0 Å². The van der Waals surface area contributed by atoms with Crippen molar-refractivity contribution in [3.63, 3.8) is 0 Å². The van der Waals surface area contributed by atoms with Gasteiger partial charge in [-0.15, -0.1) is 0 Å². The van der Waals surface area contributed by atoms with Crippen LogP contribution in [-0.4, -0.2) is 33.3 Å². The zero-order valence-corrected chi connectivity index (χ0v) is 11.0. The molecule has 0 bridgehead atoms. The molecule has 1 fully saturated rings. The Hall–Kier alpha value is -1.88. The second kappa shape index (κ2) is 4.06. The minimum atomic E-state index is -0.947. The van der Waals surface area contributed by atoms with Gasteiger partial charge in [0.2, 0.25) is 0 Å². The van der Waals surface area contributed by atoms with E-state index in [1.165, 1.54) is 0 Å². The first-order chi connectivity index (χ1) is 9.04. The molecule has 100 valence electrons. The van der Waals surface area contributed by atoms with Crippen molar-refractivity contribution in [2.75, 3.05) is 6.61 Å². The van der Waals surface area contributed by atoms with Gasteiger partial charge in [0.1, 0.15) is 5.52 Å². The number of imidazole rings is 1. The van der Waals surface area contributed by atoms with Crippen LogP contribution in [0.3, 0.4) is 0 Å². The van der Waals surface area contributed by atoms with Gasteiger partial charge in [0.05, 0.1) is 29.1 Å². The first-order valence-electron chi connectivity index (χ1n) is 6.35. The van der Waals surface area contributed by atoms with Crippen LogP contribution in [0.1, 0.15) is 30.6 Å². The van der Waals surface area contributed by atoms with E-state index in [-0.39, 0.29) is 17.2 Å². The Morgan fingerprint density at radius 1 is 1.58 bits per heavy atom. The monoisotopic (exact) mass is 260 g/mol. The molecular formula is C14H16N2O3. The van der Waals surface area contributed by atoms with E-state index in [4.69, 9.17) is 4.74 Å². The van der Waals surface area contributed by atoms with Crippen molar-refractivity contribution in [3.05, 3.63) is 30.1 Å². The maximum Gasteiger partial charge on any atom is 0.337 e. The average Bonchev–Trinajstić information content (AvgIpc) is 2.94. The highest BCUT2D eigenvalue weighted by Crippen LogP contribution is 2.35. The number of fused-ring (bicyclic) bond motifs is 1. The SMILES string of the molecule is CC1OCCC1(C)n1cnc2c(C(=O)O)cccc21. The molecule has 5 heteroatoms. The number of carboxylic acids is 1. The zero-order valence-electron chi connectivity index (χ0n) is 11.0. The van der Waals surface area contributed by atoms with Gasteiger partial charge in [-0.05, 0) is 32.4 Å². The summed E-state index contributed by atoms with van der Waals surface area (Å²) in [4.78, 5) is 15.5. The molecule has 2 atom stereocenters. The Bertz CT molecular complexity index is 649. The first kappa shape index (κ1) is 12.2. The van der Waals surface area contributed by atoms with Gasteiger partial charge in [-0.25, -0.2) is 9.78 Å². The molecule has 0 saturated carbocycles. The number of ether oxygens (including phenoxy) is 1. The van der Waals surface area contributed by atoms with E-state index in [9.17, 15) is 9.90 Å². The van der Waals surface area contributed by atoms with Gasteiger partial charge >= 0.3 is 5.97 Å². The Morgan fingerprint density at radius 2 is 2.37 bits per heavy atom. The van der Waals surface area contributed by atoms with Gasteiger partial charge < -0.3 is 14.4 Å². The van der Waals surface area contributed by atoms with Crippen LogP contribution in [-0.2, 0) is 10.3 Å². The fourth-order valence-electron chi connectivity index (χ4n) is 2.76. The number of para-hydroxylation sites is 1. The molecule has 0 spiro atoms. The molecule has 0 aliphatic carbocycles. The summed E-state index contributed by atoms with van der Waals surface area (Å²) in [6.07, 6.45) is 2.71. The van der Waals surface area contributed by atoms with Gasteiger partial charge in [0.15, 0.2) is 0 Å². The van der Waals surface area contributed by atoms with Gasteiger partial charge in [-0.2, -0.15) is 0 Å². The van der Waals surface area contributed by atoms with E-state index in [1.807, 2.05) is 17.6 Å². The molecule has 5 nitrogen and oxygen atoms in total. The molecule has 2 aromatic rings. The van der Waals surface area contributed by atoms with Crippen LogP contribution >= 0.6 is 0 Å². The summed E-state index contributed by atoms with van der Waals surface area (Å²) in [5, 5.41) is 9.20. The molecule has 2 unspecified atom stereocenters. The molecular weight excluding hydrogens is 244 g/mol. The number of nitrogens with zero attached hydrogens (tertiary/aromatic N) is 2. The summed E-state index contributed by atoms with van der Waals surface area (Å²) in [5.74, 6) is -0.947. The summed E-state index contributed by atoms with van der Waals surface area (Å²) < 4.78 is 7.70. The van der Waals surface area contributed by atoms with E-state index >= 15 is 0 Å². The number of rotatable bonds is 2. The fraction of sp³-hybridized carbons (Fsp3) is 0.429. The minimum absolute atomic E-state index is 0.0818. The lowest BCUT2D eigenvalue weighted by atomic mass is 9.94. The Kier molecular flexibility index (Phi) is 2.60. The maximum absolute atomic E-state index is 11.2. The van der Waals surface area contributed by atoms with Crippen LogP contribution in [0.5, 0.6) is 0 Å². The first-order valence-corrected chi connectivity index (χ1v) is 6.35. The van der Waals surface area contributed by atoms with E-state index in [1.54, 1.807) is 18.5 Å². The summed E-state index contributed by atoms with van der Waals surface area (Å²) in [5.41, 5.74) is 1.45. The van der Waals surface area contributed by atoms with Crippen molar-refractivity contribution in [1.29, 1.82) is 0 Å². The standard InChI is InChI=1S/C14H16N2O3/c1-9-14(2,6-7-19-9)16-8-15-12-10(13(17)18)4-3-5-11(12)16/h3-5,8-9H,6-7H2,1-2H3,(H,17,18). The number of benzene rings is 1. The third-order valence-corrected chi connectivity index (χ3v) is 4.21. The number of hydrogen-bond acceptors (Lipinski definition) is 3. The van der Waals surface area contributed by atoms with E-state index < -0.39 is 5.97 Å². The summed E-state index contributed by atoms with van der Waals surface area (Å²) >= 11 is 0. The molecule has 1 N–H and O–H groups in total. The molecule has 3 rings (SSSR count). The lowest BCUT2D eigenvalue weighted by Gasteiger charge is -2.30. The lowest BCUT2D eigenvalue weighted by Crippen LogP contribution is -2.36. The van der Waals surface area contributed by atoms with Crippen molar-refractivity contribution in [2.24, 2.45) is 0 Å². The molecule has 19 heavy (non-hydrogen) atoms. The van der Waals surface area contributed by atoms with E-state index in [0.29, 0.717) is 5.52 Å². The van der Waals surface area contributed by atoms with Gasteiger partial charge in [-0.1, -0.05) is 6.07 Å². The van der Waals surface area contributed by atoms with E-state index in [2.05, 4.69) is 11.9 Å². The number of carbonyl (C=O) groups is 1. The van der Waals surface area contributed by atoms with Crippen molar-refractivity contribution in [1.82, 2.24) is 9.55 Å². The lowest BCUT2D eigenvalue weighted by molar-refractivity contribution is 0.0699. The smallest absolute Gasteiger partial charge is 0.337 e. The highest BCUT2D eigenvalue weighted by Gasteiger charge is 2.39. The number of carboxylic acid groups (broad SMARTS) is 1. The summed E-state index contributed by atoms with van der Waals surface area (Å²) in [6.45, 7) is 4.88. The third kappa shape index (κ3) is 1.65. The second-order valence-corrected chi connectivity index (χ2v) is 5.21.